The molecule has 20 heavy (non-hydrogen) atoms. The van der Waals surface area contributed by atoms with Gasteiger partial charge in [-0.1, -0.05) is 43.0 Å². The van der Waals surface area contributed by atoms with E-state index in [1.807, 2.05) is 36.4 Å². The van der Waals surface area contributed by atoms with Gasteiger partial charge in [0.15, 0.2) is 0 Å². The molecule has 2 aromatic rings. The highest BCUT2D eigenvalue weighted by Crippen LogP contribution is 2.17. The van der Waals surface area contributed by atoms with Crippen LogP contribution in [0.1, 0.15) is 10.4 Å². The van der Waals surface area contributed by atoms with Crippen LogP contribution in [0.15, 0.2) is 67.3 Å². The van der Waals surface area contributed by atoms with Crippen molar-refractivity contribution in [3.63, 3.8) is 0 Å². The number of carbonyl (C=O) groups excluding carboxylic acids is 1. The molecule has 4 heteroatoms. The molecule has 1 amide bonds. The molecule has 0 fully saturated rings. The molecule has 0 saturated heterocycles. The van der Waals surface area contributed by atoms with E-state index in [0.717, 1.165) is 5.69 Å². The molecule has 0 atom stereocenters. The van der Waals surface area contributed by atoms with Crippen molar-refractivity contribution in [3.05, 3.63) is 72.8 Å². The maximum Gasteiger partial charge on any atom is 0.273 e. The molecule has 0 heterocycles. The van der Waals surface area contributed by atoms with Crippen molar-refractivity contribution in [1.82, 2.24) is 5.43 Å². The van der Waals surface area contributed by atoms with Crippen molar-refractivity contribution in [1.29, 1.82) is 0 Å². The summed E-state index contributed by atoms with van der Waals surface area (Å²) in [5.41, 5.74) is 6.77. The number of para-hydroxylation sites is 2. The number of hydrazine groups is 1. The molecule has 0 aliphatic carbocycles. The van der Waals surface area contributed by atoms with E-state index in [2.05, 4.69) is 17.4 Å². The summed E-state index contributed by atoms with van der Waals surface area (Å²) in [4.78, 5) is 12.1. The molecule has 2 rings (SSSR count). The van der Waals surface area contributed by atoms with Crippen LogP contribution in [0.25, 0.3) is 0 Å². The first kappa shape index (κ1) is 13.7. The number of carbonyl (C=O) groups is 1. The van der Waals surface area contributed by atoms with Gasteiger partial charge in [0.05, 0.1) is 11.3 Å². The summed E-state index contributed by atoms with van der Waals surface area (Å²) in [7, 11) is 0. The van der Waals surface area contributed by atoms with Crippen LogP contribution in [0.3, 0.4) is 0 Å². The number of benzene rings is 2. The topological polar surface area (TPSA) is 50.4 Å². The molecule has 0 aliphatic rings. The van der Waals surface area contributed by atoms with E-state index in [-0.39, 0.29) is 5.91 Å². The number of hydrogen-bond donors (Lipinski definition) is 2. The Balaban J connectivity index is 2.03. The fourth-order valence-electron chi connectivity index (χ4n) is 1.65. The first-order chi connectivity index (χ1) is 9.81. The lowest BCUT2D eigenvalue weighted by Gasteiger charge is -2.11. The van der Waals surface area contributed by atoms with Gasteiger partial charge in [-0.2, -0.15) is 0 Å². The predicted molar refractivity (Wildman–Crippen MR) is 79.7 cm³/mol. The lowest BCUT2D eigenvalue weighted by molar-refractivity contribution is 0.0959. The van der Waals surface area contributed by atoms with Gasteiger partial charge >= 0.3 is 0 Å². The third kappa shape index (κ3) is 3.62. The summed E-state index contributed by atoms with van der Waals surface area (Å²) < 4.78 is 5.45. The number of hydrogen-bond acceptors (Lipinski definition) is 3. The van der Waals surface area contributed by atoms with Crippen LogP contribution in [0.2, 0.25) is 0 Å². The van der Waals surface area contributed by atoms with E-state index in [1.165, 1.54) is 0 Å². The minimum atomic E-state index is -0.256. The smallest absolute Gasteiger partial charge is 0.273 e. The van der Waals surface area contributed by atoms with Crippen LogP contribution >= 0.6 is 0 Å². The zero-order valence-electron chi connectivity index (χ0n) is 11.0. The number of ether oxygens (including phenoxy) is 1. The second-order valence-corrected chi connectivity index (χ2v) is 4.04. The summed E-state index contributed by atoms with van der Waals surface area (Å²) >= 11 is 0. The van der Waals surface area contributed by atoms with E-state index in [0.29, 0.717) is 17.9 Å². The van der Waals surface area contributed by atoms with Crippen LogP contribution < -0.4 is 15.6 Å². The first-order valence-corrected chi connectivity index (χ1v) is 6.25. The number of rotatable bonds is 6. The lowest BCUT2D eigenvalue weighted by Crippen LogP contribution is -2.29. The van der Waals surface area contributed by atoms with Gasteiger partial charge in [0.1, 0.15) is 12.4 Å². The van der Waals surface area contributed by atoms with Gasteiger partial charge < -0.3 is 4.74 Å². The summed E-state index contributed by atoms with van der Waals surface area (Å²) in [5, 5.41) is 0. The molecule has 0 aromatic heterocycles. The normalized spacial score (nSPS) is 9.60. The molecule has 102 valence electrons. The summed E-state index contributed by atoms with van der Waals surface area (Å²) in [6.45, 7) is 3.95. The average molecular weight is 268 g/mol. The van der Waals surface area contributed by atoms with Gasteiger partial charge in [0, 0.05) is 0 Å². The van der Waals surface area contributed by atoms with Crippen LogP contribution in [0.5, 0.6) is 5.75 Å². The molecular weight excluding hydrogens is 252 g/mol. The highest BCUT2D eigenvalue weighted by Gasteiger charge is 2.11. The molecule has 0 spiro atoms. The molecule has 0 saturated carbocycles. The summed E-state index contributed by atoms with van der Waals surface area (Å²) in [6.07, 6.45) is 1.64. The van der Waals surface area contributed by atoms with E-state index in [1.54, 1.807) is 24.3 Å². The van der Waals surface area contributed by atoms with Crippen LogP contribution in [-0.2, 0) is 0 Å². The third-order valence-corrected chi connectivity index (χ3v) is 2.58. The van der Waals surface area contributed by atoms with Gasteiger partial charge in [-0.15, -0.1) is 0 Å². The van der Waals surface area contributed by atoms with Crippen molar-refractivity contribution in [2.75, 3.05) is 12.0 Å². The Bertz CT molecular complexity index is 582. The Morgan fingerprint density at radius 3 is 2.55 bits per heavy atom. The molecule has 0 aliphatic heterocycles. The molecule has 2 aromatic carbocycles. The first-order valence-electron chi connectivity index (χ1n) is 6.25. The zero-order chi connectivity index (χ0) is 14.2. The Kier molecular flexibility index (Phi) is 4.78. The average Bonchev–Trinajstić information content (AvgIpc) is 2.52. The van der Waals surface area contributed by atoms with E-state index >= 15 is 0 Å². The lowest BCUT2D eigenvalue weighted by atomic mass is 10.2. The highest BCUT2D eigenvalue weighted by atomic mass is 16.5. The van der Waals surface area contributed by atoms with Crippen LogP contribution in [-0.4, -0.2) is 12.5 Å². The van der Waals surface area contributed by atoms with Gasteiger partial charge in [-0.3, -0.25) is 15.6 Å². The Labute approximate surface area is 118 Å². The van der Waals surface area contributed by atoms with Crippen molar-refractivity contribution in [3.8, 4) is 5.75 Å². The Morgan fingerprint density at radius 2 is 1.80 bits per heavy atom. The van der Waals surface area contributed by atoms with Crippen molar-refractivity contribution < 1.29 is 9.53 Å². The second kappa shape index (κ2) is 6.99. The van der Waals surface area contributed by atoms with E-state index < -0.39 is 0 Å². The molecular formula is C16H16N2O2. The maximum absolute atomic E-state index is 12.1. The summed E-state index contributed by atoms with van der Waals surface area (Å²) in [5.74, 6) is 0.272. The predicted octanol–water partition coefficient (Wildman–Crippen LogP) is 3.01. The van der Waals surface area contributed by atoms with E-state index in [9.17, 15) is 4.79 Å². The van der Waals surface area contributed by atoms with Gasteiger partial charge in [-0.25, -0.2) is 0 Å². The second-order valence-electron chi connectivity index (χ2n) is 4.04. The molecule has 0 radical (unpaired) electrons. The van der Waals surface area contributed by atoms with Crippen molar-refractivity contribution in [2.45, 2.75) is 0 Å². The zero-order valence-corrected chi connectivity index (χ0v) is 11.0. The Hall–Kier alpha value is -2.75. The molecule has 2 N–H and O–H groups in total. The quantitative estimate of drug-likeness (QED) is 0.625. The van der Waals surface area contributed by atoms with E-state index in [4.69, 9.17) is 4.74 Å². The van der Waals surface area contributed by atoms with Crippen LogP contribution in [0.4, 0.5) is 5.69 Å². The summed E-state index contributed by atoms with van der Waals surface area (Å²) in [6, 6.07) is 16.5. The fraction of sp³-hybridized carbons (Fsp3) is 0.0625. The Morgan fingerprint density at radius 1 is 1.10 bits per heavy atom. The van der Waals surface area contributed by atoms with Crippen molar-refractivity contribution >= 4 is 11.6 Å². The minimum Gasteiger partial charge on any atom is -0.489 e. The van der Waals surface area contributed by atoms with Crippen LogP contribution in [0, 0.1) is 0 Å². The number of anilines is 1. The third-order valence-electron chi connectivity index (χ3n) is 2.58. The number of amides is 1. The SMILES string of the molecule is C=CCOc1ccccc1C(=O)NNc1ccccc1. The largest absolute Gasteiger partial charge is 0.489 e. The fourth-order valence-corrected chi connectivity index (χ4v) is 1.65. The van der Waals surface area contributed by atoms with Gasteiger partial charge in [-0.05, 0) is 24.3 Å². The highest BCUT2D eigenvalue weighted by molar-refractivity contribution is 5.97. The van der Waals surface area contributed by atoms with Gasteiger partial charge in [0.2, 0.25) is 0 Å². The minimum absolute atomic E-state index is 0.256. The molecule has 4 nitrogen and oxygen atoms in total. The van der Waals surface area contributed by atoms with Crippen molar-refractivity contribution in [2.24, 2.45) is 0 Å². The molecule has 0 bridgehead atoms. The monoisotopic (exact) mass is 268 g/mol. The standard InChI is InChI=1S/C16H16N2O2/c1-2-12-20-15-11-7-6-10-14(15)16(19)18-17-13-8-4-3-5-9-13/h2-11,17H,1,12H2,(H,18,19). The number of nitrogens with one attached hydrogen (secondary N) is 2. The maximum atomic E-state index is 12.1. The van der Waals surface area contributed by atoms with Gasteiger partial charge in [0.25, 0.3) is 5.91 Å². The molecule has 0 unspecified atom stereocenters.